The van der Waals surface area contributed by atoms with Gasteiger partial charge < -0.3 is 34.5 Å². The van der Waals surface area contributed by atoms with E-state index in [0.717, 1.165) is 0 Å². The summed E-state index contributed by atoms with van der Waals surface area (Å²) >= 11 is 5.79. The van der Waals surface area contributed by atoms with E-state index in [1.165, 1.54) is 55.5 Å². The summed E-state index contributed by atoms with van der Waals surface area (Å²) in [5.41, 5.74) is 2.42. The highest BCUT2D eigenvalue weighted by molar-refractivity contribution is 7.93. The fourth-order valence-corrected chi connectivity index (χ4v) is 7.97. The standard InChI is InChI=1S/C24H24N2O7S.C22H20ClNO6S/c1-17(27)25-19-8-12-22(13-9-19)34(30,31)26-20-6-10-21(11-7-20)32-14-15-33-23-5-3-2-4-18(23)16-24(28)29;23-17-5-11-20(12-6-17)31(27,28)24-18-7-9-19(10-8-18)29-13-14-30-21-4-2-1-3-16(21)15-22(25)26/h2-13,26H,14-16H2,1H3,(H,25,27)(H,28,29);1-12,24H,13-15H2,(H,25,26). The Hall–Kier alpha value is -7.28. The molecule has 0 heterocycles. The highest BCUT2D eigenvalue weighted by Gasteiger charge is 2.16. The van der Waals surface area contributed by atoms with Gasteiger partial charge in [-0.05, 0) is 109 Å². The molecule has 5 N–H and O–H groups in total. The van der Waals surface area contributed by atoms with Crippen LogP contribution in [0.2, 0.25) is 5.02 Å². The lowest BCUT2D eigenvalue weighted by Gasteiger charge is -2.12. The van der Waals surface area contributed by atoms with E-state index in [1.54, 1.807) is 97.1 Å². The number of benzene rings is 6. The van der Waals surface area contributed by atoms with Gasteiger partial charge in [0.2, 0.25) is 5.91 Å². The average Bonchev–Trinajstić information content (AvgIpc) is 3.26. The van der Waals surface area contributed by atoms with Crippen molar-refractivity contribution in [2.45, 2.75) is 29.6 Å². The third-order valence-corrected chi connectivity index (χ3v) is 11.7. The largest absolute Gasteiger partial charge is 0.490 e. The third kappa shape index (κ3) is 16.1. The van der Waals surface area contributed by atoms with Crippen LogP contribution < -0.4 is 33.7 Å². The van der Waals surface area contributed by atoms with Gasteiger partial charge in [-0.15, -0.1) is 0 Å². The molecule has 0 aliphatic heterocycles. The number of ether oxygens (including phenoxy) is 4. The van der Waals surface area contributed by atoms with E-state index >= 15 is 0 Å². The number of sulfonamides is 2. The van der Waals surface area contributed by atoms with Crippen LogP contribution in [0.1, 0.15) is 18.1 Å². The lowest BCUT2D eigenvalue weighted by Crippen LogP contribution is -2.13. The minimum absolute atomic E-state index is 0.0576. The second-order valence-corrected chi connectivity index (χ2v) is 17.5. The van der Waals surface area contributed by atoms with Gasteiger partial charge >= 0.3 is 11.9 Å². The molecule has 1 amide bonds. The fourth-order valence-electron chi connectivity index (χ4n) is 5.73. The molecule has 0 aromatic heterocycles. The van der Waals surface area contributed by atoms with Crippen molar-refractivity contribution in [1.29, 1.82) is 0 Å². The van der Waals surface area contributed by atoms with E-state index in [2.05, 4.69) is 14.8 Å². The number of aliphatic carboxylic acids is 2. The van der Waals surface area contributed by atoms with Crippen LogP contribution in [0.3, 0.4) is 0 Å². The van der Waals surface area contributed by atoms with Crippen LogP contribution in [0, 0.1) is 0 Å². The molecule has 0 aliphatic rings. The SMILES string of the molecule is CC(=O)Nc1ccc(S(=O)(=O)Nc2ccc(OCCOc3ccccc3CC(=O)O)cc2)cc1.O=C(O)Cc1ccccc1OCCOc1ccc(NS(=O)(=O)c2ccc(Cl)cc2)cc1. The first-order valence-corrected chi connectivity index (χ1v) is 22.9. The minimum atomic E-state index is -3.80. The van der Waals surface area contributed by atoms with Crippen molar-refractivity contribution in [2.75, 3.05) is 41.2 Å². The van der Waals surface area contributed by atoms with Crippen LogP contribution in [0.5, 0.6) is 23.0 Å². The number of anilines is 3. The van der Waals surface area contributed by atoms with Crippen molar-refractivity contribution in [2.24, 2.45) is 0 Å². The number of rotatable bonds is 21. The van der Waals surface area contributed by atoms with Crippen molar-refractivity contribution < 1.29 is 60.4 Å². The highest BCUT2D eigenvalue weighted by Crippen LogP contribution is 2.24. The van der Waals surface area contributed by atoms with Gasteiger partial charge in [0.1, 0.15) is 49.4 Å². The maximum Gasteiger partial charge on any atom is 0.307 e. The van der Waals surface area contributed by atoms with E-state index in [1.807, 2.05) is 0 Å². The number of carboxylic acids is 2. The first-order valence-electron chi connectivity index (χ1n) is 19.6. The van der Waals surface area contributed by atoms with Crippen molar-refractivity contribution in [3.63, 3.8) is 0 Å². The van der Waals surface area contributed by atoms with Gasteiger partial charge in [0.25, 0.3) is 20.0 Å². The number of hydrogen-bond donors (Lipinski definition) is 5. The van der Waals surface area contributed by atoms with Crippen LogP contribution in [-0.4, -0.2) is 71.3 Å². The van der Waals surface area contributed by atoms with Crippen LogP contribution in [0.25, 0.3) is 0 Å². The molecule has 6 aromatic rings. The Morgan fingerprint density at radius 3 is 1.23 bits per heavy atom. The molecule has 0 atom stereocenters. The number of carbonyl (C=O) groups excluding carboxylic acids is 1. The first kappa shape index (κ1) is 48.7. The van der Waals surface area contributed by atoms with E-state index in [-0.39, 0.29) is 55.0 Å². The molecule has 16 nitrogen and oxygen atoms in total. The molecule has 19 heteroatoms. The molecule has 0 radical (unpaired) electrons. The number of carboxylic acid groups (broad SMARTS) is 2. The molecule has 6 aromatic carbocycles. The molecule has 340 valence electrons. The van der Waals surface area contributed by atoms with Gasteiger partial charge in [-0.2, -0.15) is 0 Å². The number of nitrogens with one attached hydrogen (secondary N) is 3. The zero-order valence-corrected chi connectivity index (χ0v) is 37.1. The lowest BCUT2D eigenvalue weighted by molar-refractivity contribution is -0.137. The Balaban J connectivity index is 0.000000245. The van der Waals surface area contributed by atoms with E-state index < -0.39 is 32.0 Å². The molecule has 65 heavy (non-hydrogen) atoms. The molecule has 0 aliphatic carbocycles. The Labute approximate surface area is 380 Å². The summed E-state index contributed by atoms with van der Waals surface area (Å²) in [5.74, 6) is -0.0691. The van der Waals surface area contributed by atoms with Gasteiger partial charge in [0.15, 0.2) is 0 Å². The monoisotopic (exact) mass is 945 g/mol. The van der Waals surface area contributed by atoms with E-state index in [0.29, 0.717) is 56.2 Å². The molecule has 0 saturated heterocycles. The Morgan fingerprint density at radius 2 is 0.846 bits per heavy atom. The zero-order chi connectivity index (χ0) is 46.8. The summed E-state index contributed by atoms with van der Waals surface area (Å²) < 4.78 is 77.4. The Bertz CT molecular complexity index is 2760. The summed E-state index contributed by atoms with van der Waals surface area (Å²) in [4.78, 5) is 33.1. The minimum Gasteiger partial charge on any atom is -0.490 e. The lowest BCUT2D eigenvalue weighted by atomic mass is 10.1. The smallest absolute Gasteiger partial charge is 0.307 e. The van der Waals surface area contributed by atoms with Crippen molar-refractivity contribution >= 4 is 66.6 Å². The second kappa shape index (κ2) is 23.4. The molecular weight excluding hydrogens is 902 g/mol. The first-order chi connectivity index (χ1) is 31.1. The summed E-state index contributed by atoms with van der Waals surface area (Å²) in [7, 11) is -7.52. The molecule has 6 rings (SSSR count). The Morgan fingerprint density at radius 1 is 0.492 bits per heavy atom. The fraction of sp³-hybridized carbons (Fsp3) is 0.152. The van der Waals surface area contributed by atoms with Crippen molar-refractivity contribution in [1.82, 2.24) is 0 Å². The Kier molecular flexibility index (Phi) is 17.6. The van der Waals surface area contributed by atoms with E-state index in [9.17, 15) is 31.2 Å². The highest BCUT2D eigenvalue weighted by atomic mass is 35.5. The van der Waals surface area contributed by atoms with Crippen molar-refractivity contribution in [3.8, 4) is 23.0 Å². The summed E-state index contributed by atoms with van der Waals surface area (Å²) in [5, 5.41) is 21.0. The molecule has 0 fully saturated rings. The average molecular weight is 946 g/mol. The maximum atomic E-state index is 12.6. The molecule has 0 spiro atoms. The number of para-hydroxylation sites is 2. The third-order valence-electron chi connectivity index (χ3n) is 8.67. The number of halogens is 1. The van der Waals surface area contributed by atoms with Gasteiger partial charge in [0.05, 0.1) is 22.6 Å². The van der Waals surface area contributed by atoms with Crippen LogP contribution in [0.4, 0.5) is 17.1 Å². The molecule has 0 bridgehead atoms. The summed E-state index contributed by atoms with van der Waals surface area (Å²) in [6.07, 6.45) is -0.252. The predicted octanol–water partition coefficient (Wildman–Crippen LogP) is 7.76. The number of carbonyl (C=O) groups is 3. The molecule has 0 unspecified atom stereocenters. The van der Waals surface area contributed by atoms with Gasteiger partial charge in [-0.25, -0.2) is 16.8 Å². The van der Waals surface area contributed by atoms with Crippen molar-refractivity contribution in [3.05, 3.63) is 162 Å². The van der Waals surface area contributed by atoms with Crippen LogP contribution in [0.15, 0.2) is 155 Å². The summed E-state index contributed by atoms with van der Waals surface area (Å²) in [6.45, 7) is 2.25. The topological polar surface area (TPSA) is 233 Å². The van der Waals surface area contributed by atoms with Gasteiger partial charge in [0, 0.05) is 40.1 Å². The predicted molar refractivity (Wildman–Crippen MR) is 244 cm³/mol. The zero-order valence-electron chi connectivity index (χ0n) is 34.7. The van der Waals surface area contributed by atoms with E-state index in [4.69, 9.17) is 40.8 Å². The summed E-state index contributed by atoms with van der Waals surface area (Å²) in [6, 6.07) is 38.4. The maximum absolute atomic E-state index is 12.6. The second-order valence-electron chi connectivity index (χ2n) is 13.7. The normalized spacial score (nSPS) is 10.9. The van der Waals surface area contributed by atoms with Gasteiger partial charge in [-0.3, -0.25) is 23.8 Å². The quantitative estimate of drug-likeness (QED) is 0.0435. The van der Waals surface area contributed by atoms with Crippen LogP contribution in [-0.2, 0) is 47.3 Å². The molecular formula is C46H44ClN3O13S2. The van der Waals surface area contributed by atoms with Crippen LogP contribution >= 0.6 is 11.6 Å². The number of hydrogen-bond acceptors (Lipinski definition) is 11. The number of amides is 1. The molecule has 0 saturated carbocycles. The van der Waals surface area contributed by atoms with Gasteiger partial charge in [-0.1, -0.05) is 48.0 Å².